The van der Waals surface area contributed by atoms with E-state index in [9.17, 15) is 19.2 Å². The Morgan fingerprint density at radius 3 is 2.47 bits per heavy atom. The molecular formula is C23H24N2O5. The number of hydrogen-bond donors (Lipinski definition) is 1. The van der Waals surface area contributed by atoms with Gasteiger partial charge in [-0.15, -0.1) is 0 Å². The smallest absolute Gasteiger partial charge is 0.311 e. The molecule has 2 aromatic rings. The van der Waals surface area contributed by atoms with Gasteiger partial charge in [0.25, 0.3) is 5.91 Å². The largest absolute Gasteiger partial charge is 0.455 e. The summed E-state index contributed by atoms with van der Waals surface area (Å²) < 4.78 is 5.12. The molecule has 7 nitrogen and oxygen atoms in total. The molecule has 2 aromatic carbocycles. The van der Waals surface area contributed by atoms with Crippen LogP contribution in [-0.4, -0.2) is 36.7 Å². The van der Waals surface area contributed by atoms with E-state index in [0.717, 1.165) is 16.8 Å². The van der Waals surface area contributed by atoms with Gasteiger partial charge < -0.3 is 15.0 Å². The van der Waals surface area contributed by atoms with Crippen LogP contribution in [0.3, 0.4) is 0 Å². The van der Waals surface area contributed by atoms with Gasteiger partial charge in [0.2, 0.25) is 5.91 Å². The van der Waals surface area contributed by atoms with Crippen LogP contribution < -0.4 is 10.2 Å². The molecule has 0 aliphatic carbocycles. The number of amides is 2. The van der Waals surface area contributed by atoms with E-state index in [1.54, 1.807) is 29.2 Å². The number of hydrogen-bond acceptors (Lipinski definition) is 5. The van der Waals surface area contributed by atoms with Crippen molar-refractivity contribution in [2.45, 2.75) is 27.2 Å². The number of carbonyl (C=O) groups excluding carboxylic acids is 4. The normalized spacial score (nSPS) is 15.8. The lowest BCUT2D eigenvalue weighted by Gasteiger charge is -2.20. The Bertz CT molecular complexity index is 997. The quantitative estimate of drug-likeness (QED) is 0.586. The van der Waals surface area contributed by atoms with Crippen molar-refractivity contribution < 1.29 is 23.9 Å². The minimum absolute atomic E-state index is 0.0559. The van der Waals surface area contributed by atoms with Crippen molar-refractivity contribution in [2.75, 3.05) is 23.4 Å². The molecule has 1 aliphatic rings. The summed E-state index contributed by atoms with van der Waals surface area (Å²) in [5.74, 6) is -1.88. The molecule has 7 heteroatoms. The fourth-order valence-electron chi connectivity index (χ4n) is 3.37. The molecule has 3 rings (SSSR count). The third kappa shape index (κ3) is 4.74. The Morgan fingerprint density at radius 2 is 1.80 bits per heavy atom. The van der Waals surface area contributed by atoms with Crippen molar-refractivity contribution in [2.24, 2.45) is 5.92 Å². The molecule has 0 radical (unpaired) electrons. The maximum absolute atomic E-state index is 12.4. The monoisotopic (exact) mass is 408 g/mol. The Kier molecular flexibility index (Phi) is 6.30. The Morgan fingerprint density at radius 1 is 1.10 bits per heavy atom. The fourth-order valence-corrected chi connectivity index (χ4v) is 3.37. The van der Waals surface area contributed by atoms with Crippen LogP contribution in [0.15, 0.2) is 42.5 Å². The molecule has 0 bridgehead atoms. The second-order valence-corrected chi connectivity index (χ2v) is 7.41. The van der Waals surface area contributed by atoms with Crippen LogP contribution in [0.5, 0.6) is 0 Å². The first-order valence-electron chi connectivity index (χ1n) is 9.70. The van der Waals surface area contributed by atoms with Crippen LogP contribution in [0.1, 0.15) is 34.8 Å². The fraction of sp³-hybridized carbons (Fsp3) is 0.304. The summed E-state index contributed by atoms with van der Waals surface area (Å²) in [5, 5.41) is 2.61. The lowest BCUT2D eigenvalue weighted by molar-refractivity contribution is -0.151. The van der Waals surface area contributed by atoms with Crippen molar-refractivity contribution in [1.82, 2.24) is 0 Å². The van der Waals surface area contributed by atoms with Crippen LogP contribution >= 0.6 is 0 Å². The molecule has 30 heavy (non-hydrogen) atoms. The van der Waals surface area contributed by atoms with Gasteiger partial charge in [-0.1, -0.05) is 12.1 Å². The molecule has 0 saturated carbocycles. The van der Waals surface area contributed by atoms with Gasteiger partial charge in [0, 0.05) is 29.9 Å². The minimum atomic E-state index is -0.611. The highest BCUT2D eigenvalue weighted by atomic mass is 16.5. The molecule has 156 valence electrons. The lowest BCUT2D eigenvalue weighted by atomic mass is 10.1. The standard InChI is InChI=1S/C23H24N2O5/c1-14-5-4-6-20(15(14)2)25-12-18(11-22(25)28)23(29)30-13-21(27)24-19-9-7-17(8-10-19)16(3)26/h4-10,18H,11-13H2,1-3H3,(H,24,27)/t18-/m0/s1. The maximum Gasteiger partial charge on any atom is 0.311 e. The first-order valence-corrected chi connectivity index (χ1v) is 9.70. The molecule has 1 heterocycles. The van der Waals surface area contributed by atoms with E-state index >= 15 is 0 Å². The number of ether oxygens (including phenoxy) is 1. The second kappa shape index (κ2) is 8.90. The summed E-state index contributed by atoms with van der Waals surface area (Å²) in [4.78, 5) is 49.7. The maximum atomic E-state index is 12.4. The minimum Gasteiger partial charge on any atom is -0.455 e. The zero-order chi connectivity index (χ0) is 21.8. The van der Waals surface area contributed by atoms with Gasteiger partial charge in [-0.25, -0.2) is 0 Å². The van der Waals surface area contributed by atoms with E-state index < -0.39 is 24.4 Å². The van der Waals surface area contributed by atoms with E-state index in [-0.39, 0.29) is 24.7 Å². The average molecular weight is 408 g/mol. The number of benzene rings is 2. The summed E-state index contributed by atoms with van der Waals surface area (Å²) in [7, 11) is 0. The van der Waals surface area contributed by atoms with Gasteiger partial charge >= 0.3 is 5.97 Å². The summed E-state index contributed by atoms with van der Waals surface area (Å²) in [6.07, 6.45) is 0.0559. The van der Waals surface area contributed by atoms with E-state index in [2.05, 4.69) is 5.32 Å². The summed E-state index contributed by atoms with van der Waals surface area (Å²) in [6.45, 7) is 5.16. The number of rotatable bonds is 6. The van der Waals surface area contributed by atoms with Crippen molar-refractivity contribution in [1.29, 1.82) is 0 Å². The van der Waals surface area contributed by atoms with Crippen LogP contribution in [0.25, 0.3) is 0 Å². The molecule has 2 amide bonds. The SMILES string of the molecule is CC(=O)c1ccc(NC(=O)COC(=O)[C@H]2CC(=O)N(c3cccc(C)c3C)C2)cc1. The summed E-state index contributed by atoms with van der Waals surface area (Å²) in [5.41, 5.74) is 3.90. The molecule has 1 atom stereocenters. The topological polar surface area (TPSA) is 92.8 Å². The highest BCUT2D eigenvalue weighted by Crippen LogP contribution is 2.29. The van der Waals surface area contributed by atoms with Crippen LogP contribution in [0, 0.1) is 19.8 Å². The summed E-state index contributed by atoms with van der Waals surface area (Å²) in [6, 6.07) is 12.1. The van der Waals surface area contributed by atoms with E-state index in [1.807, 2.05) is 32.0 Å². The van der Waals surface area contributed by atoms with Crippen LogP contribution in [0.2, 0.25) is 0 Å². The first-order chi connectivity index (χ1) is 14.3. The van der Waals surface area contributed by atoms with Crippen molar-refractivity contribution in [3.05, 3.63) is 59.2 Å². The highest BCUT2D eigenvalue weighted by molar-refractivity contribution is 6.00. The number of nitrogens with one attached hydrogen (secondary N) is 1. The van der Waals surface area contributed by atoms with Gasteiger partial charge in [-0.2, -0.15) is 0 Å². The lowest BCUT2D eigenvalue weighted by Crippen LogP contribution is -2.28. The van der Waals surface area contributed by atoms with Crippen molar-refractivity contribution in [3.63, 3.8) is 0 Å². The predicted octanol–water partition coefficient (Wildman–Crippen LogP) is 3.04. The summed E-state index contributed by atoms with van der Waals surface area (Å²) >= 11 is 0. The number of esters is 1. The number of nitrogens with zero attached hydrogens (tertiary/aromatic N) is 1. The first kappa shape index (κ1) is 21.2. The number of ketones is 1. The van der Waals surface area contributed by atoms with Gasteiger partial charge in [-0.3, -0.25) is 19.2 Å². The Balaban J connectivity index is 1.53. The zero-order valence-electron chi connectivity index (χ0n) is 17.2. The van der Waals surface area contributed by atoms with Crippen molar-refractivity contribution in [3.8, 4) is 0 Å². The van der Waals surface area contributed by atoms with Crippen molar-refractivity contribution >= 4 is 34.9 Å². The third-order valence-corrected chi connectivity index (χ3v) is 5.25. The molecule has 1 N–H and O–H groups in total. The zero-order valence-corrected chi connectivity index (χ0v) is 17.2. The van der Waals surface area contributed by atoms with Gasteiger partial charge in [0.1, 0.15) is 0 Å². The molecule has 1 fully saturated rings. The molecule has 0 aromatic heterocycles. The molecule has 0 unspecified atom stereocenters. The predicted molar refractivity (Wildman–Crippen MR) is 112 cm³/mol. The third-order valence-electron chi connectivity index (χ3n) is 5.25. The van der Waals surface area contributed by atoms with E-state index in [4.69, 9.17) is 4.74 Å². The van der Waals surface area contributed by atoms with Crippen LogP contribution in [0.4, 0.5) is 11.4 Å². The molecular weight excluding hydrogens is 384 g/mol. The molecule has 0 spiro atoms. The number of aryl methyl sites for hydroxylation is 1. The molecule has 1 aliphatic heterocycles. The number of Topliss-reactive ketones (excluding diaryl/α,β-unsaturated/α-hetero) is 1. The van der Waals surface area contributed by atoms with Gasteiger partial charge in [0.05, 0.1) is 5.92 Å². The van der Waals surface area contributed by atoms with E-state index in [1.165, 1.54) is 6.92 Å². The highest BCUT2D eigenvalue weighted by Gasteiger charge is 2.37. The van der Waals surface area contributed by atoms with E-state index in [0.29, 0.717) is 11.3 Å². The average Bonchev–Trinajstić information content (AvgIpc) is 3.10. The Hall–Kier alpha value is -3.48. The van der Waals surface area contributed by atoms with Gasteiger partial charge in [0.15, 0.2) is 12.4 Å². The Labute approximate surface area is 175 Å². The molecule has 1 saturated heterocycles. The number of anilines is 2. The number of carbonyl (C=O) groups is 4. The van der Waals surface area contributed by atoms with Crippen LogP contribution in [-0.2, 0) is 19.1 Å². The van der Waals surface area contributed by atoms with Gasteiger partial charge in [-0.05, 0) is 62.2 Å². The second-order valence-electron chi connectivity index (χ2n) is 7.41.